The van der Waals surface area contributed by atoms with Crippen LogP contribution < -0.4 is 4.74 Å². The van der Waals surface area contributed by atoms with Crippen molar-refractivity contribution in [2.24, 2.45) is 5.92 Å². The number of carbonyl (C=O) groups excluding carboxylic acids is 1. The van der Waals surface area contributed by atoms with Gasteiger partial charge in [0.25, 0.3) is 0 Å². The average Bonchev–Trinajstić information content (AvgIpc) is 3.17. The second-order valence-corrected chi connectivity index (χ2v) is 8.99. The summed E-state index contributed by atoms with van der Waals surface area (Å²) in [5.74, 6) is 0.888. The van der Waals surface area contributed by atoms with Crippen molar-refractivity contribution < 1.29 is 9.53 Å². The Labute approximate surface area is 182 Å². The third kappa shape index (κ3) is 3.58. The number of piperidine rings is 2. The predicted octanol–water partition coefficient (Wildman–Crippen LogP) is 5.56. The van der Waals surface area contributed by atoms with Crippen LogP contribution in [-0.4, -0.2) is 35.0 Å². The Kier molecular flexibility index (Phi) is 5.79. The monoisotopic (exact) mass is 425 g/mol. The van der Waals surface area contributed by atoms with E-state index in [-0.39, 0.29) is 29.8 Å². The molecule has 0 aliphatic carbocycles. The fourth-order valence-electron chi connectivity index (χ4n) is 5.29. The van der Waals surface area contributed by atoms with Crippen LogP contribution in [0.3, 0.4) is 0 Å². The number of halogens is 1. The SMILES string of the molecule is CC=C1CC2CC(C#N)CC(C1)N2C(=O)CC(C)c1c[nH]c2ccc(OC)c(Cl)c12. The van der Waals surface area contributed by atoms with E-state index in [2.05, 4.69) is 35.9 Å². The van der Waals surface area contributed by atoms with E-state index in [0.29, 0.717) is 17.2 Å². The van der Waals surface area contributed by atoms with E-state index in [0.717, 1.165) is 42.1 Å². The topological polar surface area (TPSA) is 69.1 Å². The standard InChI is InChI=1S/C24H28ClN3O2/c1-4-15-8-17-10-16(12-26)11-18(9-15)28(17)22(29)7-14(2)19-13-27-20-5-6-21(30-3)24(25)23(19)20/h4-6,13-14,16-18,27H,7-11H2,1-3H3. The lowest BCUT2D eigenvalue weighted by Crippen LogP contribution is -2.55. The van der Waals surface area contributed by atoms with E-state index in [9.17, 15) is 10.1 Å². The molecule has 1 N–H and O–H groups in total. The maximum Gasteiger partial charge on any atom is 0.223 e. The Morgan fingerprint density at radius 2 is 2.10 bits per heavy atom. The van der Waals surface area contributed by atoms with Crippen LogP contribution in [0.2, 0.25) is 5.02 Å². The van der Waals surface area contributed by atoms with Gasteiger partial charge >= 0.3 is 0 Å². The van der Waals surface area contributed by atoms with Gasteiger partial charge in [-0.1, -0.05) is 30.2 Å². The van der Waals surface area contributed by atoms with Gasteiger partial charge in [-0.05, 0) is 56.2 Å². The highest BCUT2D eigenvalue weighted by Crippen LogP contribution is 2.42. The number of hydrogen-bond acceptors (Lipinski definition) is 3. The van der Waals surface area contributed by atoms with Gasteiger partial charge in [0.1, 0.15) is 5.75 Å². The number of aromatic amines is 1. The predicted molar refractivity (Wildman–Crippen MR) is 119 cm³/mol. The Balaban J connectivity index is 1.57. The highest BCUT2D eigenvalue weighted by atomic mass is 35.5. The summed E-state index contributed by atoms with van der Waals surface area (Å²) in [7, 11) is 1.61. The molecule has 1 aromatic heterocycles. The van der Waals surface area contributed by atoms with Crippen molar-refractivity contribution in [3.8, 4) is 11.8 Å². The van der Waals surface area contributed by atoms with Crippen molar-refractivity contribution in [3.05, 3.63) is 40.6 Å². The zero-order valence-corrected chi connectivity index (χ0v) is 18.5. The number of hydrogen-bond donors (Lipinski definition) is 1. The van der Waals surface area contributed by atoms with E-state index < -0.39 is 0 Å². The number of fused-ring (bicyclic) bond motifs is 3. The van der Waals surface area contributed by atoms with E-state index in [1.165, 1.54) is 5.57 Å². The minimum Gasteiger partial charge on any atom is -0.495 e. The summed E-state index contributed by atoms with van der Waals surface area (Å²) in [5, 5.41) is 10.9. The fraction of sp³-hybridized carbons (Fsp3) is 0.500. The summed E-state index contributed by atoms with van der Waals surface area (Å²) in [6.45, 7) is 4.15. The molecule has 0 saturated carbocycles. The van der Waals surface area contributed by atoms with Gasteiger partial charge in [-0.3, -0.25) is 4.79 Å². The number of nitriles is 1. The van der Waals surface area contributed by atoms with E-state index in [1.54, 1.807) is 7.11 Å². The van der Waals surface area contributed by atoms with Crippen molar-refractivity contribution >= 4 is 28.4 Å². The normalized spacial score (nSPS) is 24.4. The summed E-state index contributed by atoms with van der Waals surface area (Å²) in [6, 6.07) is 6.51. The first-order valence-corrected chi connectivity index (χ1v) is 11.0. The smallest absolute Gasteiger partial charge is 0.223 e. The van der Waals surface area contributed by atoms with Crippen LogP contribution in [0.25, 0.3) is 10.9 Å². The number of nitrogens with zero attached hydrogens (tertiary/aromatic N) is 2. The summed E-state index contributed by atoms with van der Waals surface area (Å²) >= 11 is 6.58. The second kappa shape index (κ2) is 8.35. The molecule has 2 aromatic rings. The Hall–Kier alpha value is -2.45. The molecular weight excluding hydrogens is 398 g/mol. The van der Waals surface area contributed by atoms with Gasteiger partial charge in [0.2, 0.25) is 5.91 Å². The highest BCUT2D eigenvalue weighted by molar-refractivity contribution is 6.37. The van der Waals surface area contributed by atoms with Gasteiger partial charge in [0.15, 0.2) is 0 Å². The first-order valence-electron chi connectivity index (χ1n) is 10.6. The number of H-pyrrole nitrogens is 1. The molecule has 2 bridgehead atoms. The van der Waals surface area contributed by atoms with Crippen LogP contribution in [0.5, 0.6) is 5.75 Å². The number of aromatic nitrogens is 1. The molecule has 5 nitrogen and oxygen atoms in total. The van der Waals surface area contributed by atoms with Crippen LogP contribution in [-0.2, 0) is 4.79 Å². The number of amides is 1. The van der Waals surface area contributed by atoms with Crippen molar-refractivity contribution in [1.82, 2.24) is 9.88 Å². The third-order valence-corrected chi connectivity index (χ3v) is 7.16. The summed E-state index contributed by atoms with van der Waals surface area (Å²) in [6.07, 6.45) is 7.90. The number of ether oxygens (including phenoxy) is 1. The molecule has 2 aliphatic rings. The largest absolute Gasteiger partial charge is 0.495 e. The molecule has 1 amide bonds. The quantitative estimate of drug-likeness (QED) is 0.651. The van der Waals surface area contributed by atoms with E-state index >= 15 is 0 Å². The van der Waals surface area contributed by atoms with Gasteiger partial charge in [-0.2, -0.15) is 5.26 Å². The molecule has 158 valence electrons. The Morgan fingerprint density at radius 3 is 2.70 bits per heavy atom. The van der Waals surface area contributed by atoms with Crippen LogP contribution in [0, 0.1) is 17.2 Å². The van der Waals surface area contributed by atoms with Gasteiger partial charge < -0.3 is 14.6 Å². The molecule has 3 unspecified atom stereocenters. The maximum absolute atomic E-state index is 13.4. The molecule has 3 heterocycles. The van der Waals surface area contributed by atoms with Gasteiger partial charge in [-0.25, -0.2) is 0 Å². The van der Waals surface area contributed by atoms with Gasteiger partial charge in [-0.15, -0.1) is 0 Å². The first kappa shape index (κ1) is 20.8. The molecule has 0 spiro atoms. The number of rotatable bonds is 4. The average molecular weight is 426 g/mol. The zero-order valence-electron chi connectivity index (χ0n) is 17.7. The lowest BCUT2D eigenvalue weighted by Gasteiger charge is -2.48. The second-order valence-electron chi connectivity index (χ2n) is 8.61. The summed E-state index contributed by atoms with van der Waals surface area (Å²) in [4.78, 5) is 18.8. The summed E-state index contributed by atoms with van der Waals surface area (Å²) in [5.41, 5.74) is 3.39. The van der Waals surface area contributed by atoms with E-state index in [4.69, 9.17) is 16.3 Å². The van der Waals surface area contributed by atoms with Crippen molar-refractivity contribution in [2.75, 3.05) is 7.11 Å². The minimum absolute atomic E-state index is 0.0199. The number of carbonyl (C=O) groups is 1. The maximum atomic E-state index is 13.4. The molecule has 1 aromatic carbocycles. The lowest BCUT2D eigenvalue weighted by atomic mass is 9.76. The molecule has 2 aliphatic heterocycles. The van der Waals surface area contributed by atoms with Crippen molar-refractivity contribution in [1.29, 1.82) is 5.26 Å². The fourth-order valence-corrected chi connectivity index (χ4v) is 5.64. The number of methoxy groups -OCH3 is 1. The van der Waals surface area contributed by atoms with Gasteiger partial charge in [0, 0.05) is 35.6 Å². The van der Waals surface area contributed by atoms with Crippen LogP contribution in [0.1, 0.15) is 57.4 Å². The number of benzene rings is 1. The zero-order chi connectivity index (χ0) is 21.4. The highest BCUT2D eigenvalue weighted by Gasteiger charge is 2.42. The first-order chi connectivity index (χ1) is 14.5. The third-order valence-electron chi connectivity index (χ3n) is 6.78. The summed E-state index contributed by atoms with van der Waals surface area (Å²) < 4.78 is 5.37. The number of allylic oxidation sites excluding steroid dienone is 1. The Morgan fingerprint density at radius 1 is 1.40 bits per heavy atom. The Bertz CT molecular complexity index is 1020. The van der Waals surface area contributed by atoms with E-state index in [1.807, 2.05) is 18.3 Å². The molecule has 30 heavy (non-hydrogen) atoms. The number of nitrogens with one attached hydrogen (secondary N) is 1. The molecular formula is C24H28ClN3O2. The van der Waals surface area contributed by atoms with Crippen molar-refractivity contribution in [2.45, 2.75) is 64.0 Å². The molecule has 2 fully saturated rings. The molecule has 3 atom stereocenters. The molecule has 2 saturated heterocycles. The molecule has 6 heteroatoms. The van der Waals surface area contributed by atoms with Crippen LogP contribution in [0.4, 0.5) is 0 Å². The lowest BCUT2D eigenvalue weighted by molar-refractivity contribution is -0.140. The van der Waals surface area contributed by atoms with Crippen molar-refractivity contribution in [3.63, 3.8) is 0 Å². The minimum atomic E-state index is 0.0199. The van der Waals surface area contributed by atoms with Gasteiger partial charge in [0.05, 0.1) is 24.1 Å². The molecule has 4 rings (SSSR count). The molecule has 0 radical (unpaired) electrons. The van der Waals surface area contributed by atoms with Crippen LogP contribution >= 0.6 is 11.6 Å². The van der Waals surface area contributed by atoms with Crippen LogP contribution in [0.15, 0.2) is 30.0 Å².